The molecule has 0 amide bonds. The fourth-order valence-corrected chi connectivity index (χ4v) is 2.57. The van der Waals surface area contributed by atoms with E-state index in [-0.39, 0.29) is 19.8 Å². The summed E-state index contributed by atoms with van der Waals surface area (Å²) in [6, 6.07) is 7.24. The van der Waals surface area contributed by atoms with Crippen molar-refractivity contribution in [1.82, 2.24) is 9.88 Å². The van der Waals surface area contributed by atoms with Gasteiger partial charge in [-0.2, -0.15) is 13.2 Å². The Labute approximate surface area is 142 Å². The van der Waals surface area contributed by atoms with Crippen molar-refractivity contribution >= 4 is 22.5 Å². The SMILES string of the molecule is OCCN(CCOCC(F)(F)F)Cc1ccc(Cl)c2cccnc12. The minimum absolute atomic E-state index is 0.0710. The number of ether oxygens (including phenoxy) is 1. The molecule has 0 saturated carbocycles. The van der Waals surface area contributed by atoms with E-state index in [0.717, 1.165) is 16.5 Å². The van der Waals surface area contributed by atoms with Crippen LogP contribution in [0.2, 0.25) is 5.02 Å². The van der Waals surface area contributed by atoms with Crippen LogP contribution in [-0.2, 0) is 11.3 Å². The quantitative estimate of drug-likeness (QED) is 0.732. The molecule has 2 rings (SSSR count). The van der Waals surface area contributed by atoms with E-state index in [0.29, 0.717) is 18.1 Å². The molecule has 0 fully saturated rings. The topological polar surface area (TPSA) is 45.6 Å². The summed E-state index contributed by atoms with van der Waals surface area (Å²) in [5, 5.41) is 10.6. The first-order valence-corrected chi connectivity index (χ1v) is 7.78. The van der Waals surface area contributed by atoms with E-state index < -0.39 is 12.8 Å². The second-order valence-corrected chi connectivity index (χ2v) is 5.68. The van der Waals surface area contributed by atoms with Crippen molar-refractivity contribution in [3.05, 3.63) is 41.0 Å². The number of fused-ring (bicyclic) bond motifs is 1. The molecule has 2 aromatic rings. The van der Waals surface area contributed by atoms with Crippen LogP contribution in [0.4, 0.5) is 13.2 Å². The van der Waals surface area contributed by atoms with Gasteiger partial charge in [-0.05, 0) is 23.8 Å². The second kappa shape index (κ2) is 8.62. The average molecular weight is 363 g/mol. The van der Waals surface area contributed by atoms with Crippen LogP contribution in [-0.4, -0.2) is 54.1 Å². The maximum absolute atomic E-state index is 12.1. The monoisotopic (exact) mass is 362 g/mol. The van der Waals surface area contributed by atoms with E-state index in [2.05, 4.69) is 9.72 Å². The molecular weight excluding hydrogens is 345 g/mol. The summed E-state index contributed by atoms with van der Waals surface area (Å²) in [7, 11) is 0. The zero-order valence-electron chi connectivity index (χ0n) is 12.9. The van der Waals surface area contributed by atoms with Gasteiger partial charge in [0.2, 0.25) is 0 Å². The number of aromatic nitrogens is 1. The molecule has 0 aliphatic heterocycles. The highest BCUT2D eigenvalue weighted by Gasteiger charge is 2.27. The van der Waals surface area contributed by atoms with Gasteiger partial charge in [0.25, 0.3) is 0 Å². The molecular formula is C16H18ClF3N2O2. The van der Waals surface area contributed by atoms with Crippen molar-refractivity contribution in [2.45, 2.75) is 12.7 Å². The van der Waals surface area contributed by atoms with Gasteiger partial charge >= 0.3 is 6.18 Å². The van der Waals surface area contributed by atoms with Crippen molar-refractivity contribution in [2.75, 3.05) is 32.9 Å². The smallest absolute Gasteiger partial charge is 0.395 e. The Morgan fingerprint density at radius 2 is 2.00 bits per heavy atom. The maximum atomic E-state index is 12.1. The minimum Gasteiger partial charge on any atom is -0.395 e. The van der Waals surface area contributed by atoms with Crippen LogP contribution in [0.25, 0.3) is 10.9 Å². The molecule has 0 spiro atoms. The Morgan fingerprint density at radius 3 is 2.71 bits per heavy atom. The van der Waals surface area contributed by atoms with Crippen LogP contribution < -0.4 is 0 Å². The van der Waals surface area contributed by atoms with Crippen LogP contribution in [0.1, 0.15) is 5.56 Å². The molecule has 24 heavy (non-hydrogen) atoms. The summed E-state index contributed by atoms with van der Waals surface area (Å²) in [5.41, 5.74) is 1.63. The number of nitrogens with zero attached hydrogens (tertiary/aromatic N) is 2. The van der Waals surface area contributed by atoms with Gasteiger partial charge in [-0.1, -0.05) is 17.7 Å². The largest absolute Gasteiger partial charge is 0.411 e. The number of benzene rings is 1. The van der Waals surface area contributed by atoms with Gasteiger partial charge in [-0.3, -0.25) is 9.88 Å². The lowest BCUT2D eigenvalue weighted by Crippen LogP contribution is -2.31. The molecule has 1 heterocycles. The highest BCUT2D eigenvalue weighted by atomic mass is 35.5. The van der Waals surface area contributed by atoms with Crippen molar-refractivity contribution in [1.29, 1.82) is 0 Å². The summed E-state index contributed by atoms with van der Waals surface area (Å²) >= 11 is 6.15. The summed E-state index contributed by atoms with van der Waals surface area (Å²) in [6.45, 7) is -0.414. The third kappa shape index (κ3) is 5.59. The maximum Gasteiger partial charge on any atom is 0.411 e. The molecule has 0 saturated heterocycles. The molecule has 0 radical (unpaired) electrons. The Hall–Kier alpha value is -1.41. The van der Waals surface area contributed by atoms with Crippen molar-refractivity contribution in [3.63, 3.8) is 0 Å². The minimum atomic E-state index is -4.34. The number of pyridine rings is 1. The number of alkyl halides is 3. The zero-order chi connectivity index (χ0) is 17.6. The predicted molar refractivity (Wildman–Crippen MR) is 86.0 cm³/mol. The Morgan fingerprint density at radius 1 is 1.21 bits per heavy atom. The van der Waals surface area contributed by atoms with E-state index in [1.54, 1.807) is 18.3 Å². The molecule has 0 bridgehead atoms. The van der Waals surface area contributed by atoms with Gasteiger partial charge < -0.3 is 9.84 Å². The van der Waals surface area contributed by atoms with Crippen molar-refractivity contribution < 1.29 is 23.0 Å². The normalized spacial score (nSPS) is 12.2. The van der Waals surface area contributed by atoms with E-state index in [4.69, 9.17) is 16.7 Å². The number of aliphatic hydroxyl groups is 1. The third-order valence-electron chi connectivity index (χ3n) is 3.43. The summed E-state index contributed by atoms with van der Waals surface area (Å²) in [4.78, 5) is 6.14. The molecule has 0 atom stereocenters. The molecule has 0 aliphatic carbocycles. The average Bonchev–Trinajstić information content (AvgIpc) is 2.53. The van der Waals surface area contributed by atoms with Gasteiger partial charge in [0, 0.05) is 36.2 Å². The van der Waals surface area contributed by atoms with Crippen LogP contribution in [0.15, 0.2) is 30.5 Å². The lowest BCUT2D eigenvalue weighted by molar-refractivity contribution is -0.174. The lowest BCUT2D eigenvalue weighted by Gasteiger charge is -2.22. The number of rotatable bonds is 8. The van der Waals surface area contributed by atoms with Gasteiger partial charge in [0.15, 0.2) is 0 Å². The molecule has 0 unspecified atom stereocenters. The number of halogens is 4. The first-order chi connectivity index (χ1) is 11.4. The first-order valence-electron chi connectivity index (χ1n) is 7.40. The Balaban J connectivity index is 2.04. The molecule has 132 valence electrons. The zero-order valence-corrected chi connectivity index (χ0v) is 13.6. The number of hydrogen-bond acceptors (Lipinski definition) is 4. The molecule has 4 nitrogen and oxygen atoms in total. The fraction of sp³-hybridized carbons (Fsp3) is 0.438. The van der Waals surface area contributed by atoms with Crippen molar-refractivity contribution in [3.8, 4) is 0 Å². The summed E-state index contributed by atoms with van der Waals surface area (Å²) in [5.74, 6) is 0. The Kier molecular flexibility index (Phi) is 6.79. The molecule has 1 aromatic carbocycles. The molecule has 0 aliphatic rings. The lowest BCUT2D eigenvalue weighted by atomic mass is 10.1. The summed E-state index contributed by atoms with van der Waals surface area (Å²) < 4.78 is 40.9. The predicted octanol–water partition coefficient (Wildman–Crippen LogP) is 3.26. The fourth-order valence-electron chi connectivity index (χ4n) is 2.36. The highest BCUT2D eigenvalue weighted by molar-refractivity contribution is 6.35. The standard InChI is InChI=1S/C16H18ClF3N2O2/c17-14-4-3-12(15-13(14)2-1-5-21-15)10-22(6-8-23)7-9-24-11-16(18,19)20/h1-5,23H,6-11H2. The number of aliphatic hydroxyl groups excluding tert-OH is 1. The van der Waals surface area contributed by atoms with E-state index in [9.17, 15) is 13.2 Å². The van der Waals surface area contributed by atoms with Crippen LogP contribution in [0.3, 0.4) is 0 Å². The van der Waals surface area contributed by atoms with E-state index in [1.807, 2.05) is 17.0 Å². The summed E-state index contributed by atoms with van der Waals surface area (Å²) in [6.07, 6.45) is -2.68. The molecule has 8 heteroatoms. The van der Waals surface area contributed by atoms with Gasteiger partial charge in [0.05, 0.1) is 18.7 Å². The first kappa shape index (κ1) is 18.9. The van der Waals surface area contributed by atoms with Crippen LogP contribution in [0, 0.1) is 0 Å². The van der Waals surface area contributed by atoms with Crippen LogP contribution in [0.5, 0.6) is 0 Å². The Bertz CT molecular complexity index is 667. The third-order valence-corrected chi connectivity index (χ3v) is 3.76. The van der Waals surface area contributed by atoms with Gasteiger partial charge in [0.1, 0.15) is 6.61 Å². The molecule has 1 aromatic heterocycles. The van der Waals surface area contributed by atoms with Gasteiger partial charge in [-0.15, -0.1) is 0 Å². The second-order valence-electron chi connectivity index (χ2n) is 5.27. The number of hydrogen-bond donors (Lipinski definition) is 1. The van der Waals surface area contributed by atoms with Gasteiger partial charge in [-0.25, -0.2) is 0 Å². The molecule has 1 N–H and O–H groups in total. The highest BCUT2D eigenvalue weighted by Crippen LogP contribution is 2.25. The van der Waals surface area contributed by atoms with Crippen molar-refractivity contribution in [2.24, 2.45) is 0 Å². The van der Waals surface area contributed by atoms with Crippen LogP contribution >= 0.6 is 11.6 Å². The van der Waals surface area contributed by atoms with E-state index >= 15 is 0 Å². The van der Waals surface area contributed by atoms with E-state index in [1.165, 1.54) is 0 Å².